The van der Waals surface area contributed by atoms with E-state index in [2.05, 4.69) is 15.5 Å². The van der Waals surface area contributed by atoms with Gasteiger partial charge in [-0.25, -0.2) is 4.39 Å². The first-order valence-electron chi connectivity index (χ1n) is 10.0. The Kier molecular flexibility index (Phi) is 6.82. The maximum Gasteiger partial charge on any atom is 0.435 e. The smallest absolute Gasteiger partial charge is 0.374 e. The van der Waals surface area contributed by atoms with Gasteiger partial charge in [0.05, 0.1) is 11.4 Å². The fourth-order valence-electron chi connectivity index (χ4n) is 3.44. The van der Waals surface area contributed by atoms with Crippen molar-refractivity contribution in [1.82, 2.24) is 4.98 Å². The second-order valence-corrected chi connectivity index (χ2v) is 8.47. The number of aromatic nitrogens is 1. The van der Waals surface area contributed by atoms with Crippen molar-refractivity contribution in [2.75, 3.05) is 5.32 Å². The molecule has 35 heavy (non-hydrogen) atoms. The molecule has 5 nitrogen and oxygen atoms in total. The Labute approximate surface area is 207 Å². The molecule has 1 aliphatic rings. The maximum absolute atomic E-state index is 14.2. The number of oxime groups is 1. The van der Waals surface area contributed by atoms with Gasteiger partial charge in [0, 0.05) is 40.0 Å². The maximum atomic E-state index is 14.2. The summed E-state index contributed by atoms with van der Waals surface area (Å²) in [5.74, 6) is -1.23. The Morgan fingerprint density at radius 3 is 2.37 bits per heavy atom. The van der Waals surface area contributed by atoms with Crippen LogP contribution in [0.2, 0.25) is 10.0 Å². The van der Waals surface area contributed by atoms with Gasteiger partial charge in [0.15, 0.2) is 0 Å². The third kappa shape index (κ3) is 5.31. The molecular formula is C24H15Cl2F4N3O2. The van der Waals surface area contributed by atoms with E-state index in [0.717, 1.165) is 18.2 Å². The lowest BCUT2D eigenvalue weighted by atomic mass is 9.88. The zero-order valence-electron chi connectivity index (χ0n) is 17.6. The van der Waals surface area contributed by atoms with E-state index in [-0.39, 0.29) is 32.6 Å². The number of benzene rings is 2. The molecule has 1 unspecified atom stereocenters. The van der Waals surface area contributed by atoms with Crippen LogP contribution in [0, 0.1) is 5.82 Å². The highest BCUT2D eigenvalue weighted by Crippen LogP contribution is 2.49. The molecule has 180 valence electrons. The predicted molar refractivity (Wildman–Crippen MR) is 125 cm³/mol. The highest BCUT2D eigenvalue weighted by molar-refractivity contribution is 6.34. The molecule has 1 aliphatic heterocycles. The molecule has 0 saturated heterocycles. The fraction of sp³-hybridized carbons (Fsp3) is 0.125. The van der Waals surface area contributed by atoms with Gasteiger partial charge in [0.2, 0.25) is 0 Å². The van der Waals surface area contributed by atoms with Gasteiger partial charge in [-0.1, -0.05) is 40.5 Å². The molecule has 0 saturated carbocycles. The summed E-state index contributed by atoms with van der Waals surface area (Å²) >= 11 is 11.8. The van der Waals surface area contributed by atoms with E-state index in [9.17, 15) is 22.4 Å². The first kappa shape index (κ1) is 24.7. The summed E-state index contributed by atoms with van der Waals surface area (Å²) in [6, 6.07) is 10.4. The zero-order chi connectivity index (χ0) is 25.2. The van der Waals surface area contributed by atoms with Crippen molar-refractivity contribution in [2.45, 2.75) is 18.2 Å². The number of rotatable bonds is 5. The third-order valence-corrected chi connectivity index (χ3v) is 5.62. The summed E-state index contributed by atoms with van der Waals surface area (Å²) in [6.45, 7) is 0. The molecule has 0 radical (unpaired) electrons. The molecule has 3 aromatic rings. The van der Waals surface area contributed by atoms with Gasteiger partial charge < -0.3 is 10.2 Å². The Balaban J connectivity index is 1.54. The number of hydrogen-bond acceptors (Lipinski definition) is 4. The number of hydrogen-bond donors (Lipinski definition) is 1. The number of nitrogens with zero attached hydrogens (tertiary/aromatic N) is 2. The van der Waals surface area contributed by atoms with E-state index in [0.29, 0.717) is 5.56 Å². The van der Waals surface area contributed by atoms with Crippen LogP contribution in [-0.2, 0) is 10.4 Å². The summed E-state index contributed by atoms with van der Waals surface area (Å²) in [4.78, 5) is 21.0. The summed E-state index contributed by atoms with van der Waals surface area (Å²) in [5, 5.41) is 6.11. The standard InChI is InChI=1S/C24H15Cl2F4N3O2/c25-17-10-16(11-18(26)12-17)23(24(28,29)30)13-19(33-35-23)3-1-14-2-4-20(27)21(9-14)32-22(34)15-5-7-31-8-6-15/h1-12H,13H2,(H,32,34)/b3-1+. The van der Waals surface area contributed by atoms with Crippen LogP contribution >= 0.6 is 23.2 Å². The Hall–Kier alpha value is -3.43. The molecule has 11 heteroatoms. The Morgan fingerprint density at radius 2 is 1.71 bits per heavy atom. The van der Waals surface area contributed by atoms with Crippen molar-refractivity contribution < 1.29 is 27.2 Å². The summed E-state index contributed by atoms with van der Waals surface area (Å²) < 4.78 is 56.4. The molecular weight excluding hydrogens is 509 g/mol. The molecule has 1 atom stereocenters. The van der Waals surface area contributed by atoms with E-state index in [1.165, 1.54) is 54.9 Å². The van der Waals surface area contributed by atoms with E-state index >= 15 is 0 Å². The first-order chi connectivity index (χ1) is 16.6. The van der Waals surface area contributed by atoms with Gasteiger partial charge in [-0.05, 0) is 54.1 Å². The average Bonchev–Trinajstić information content (AvgIpc) is 3.25. The van der Waals surface area contributed by atoms with Gasteiger partial charge in [-0.2, -0.15) is 13.2 Å². The van der Waals surface area contributed by atoms with Crippen LogP contribution < -0.4 is 5.32 Å². The molecule has 0 spiro atoms. The summed E-state index contributed by atoms with van der Waals surface area (Å²) in [6.07, 6.45) is 0.152. The fourth-order valence-corrected chi connectivity index (χ4v) is 3.96. The molecule has 0 bridgehead atoms. The van der Waals surface area contributed by atoms with Crippen LogP contribution in [0.1, 0.15) is 27.9 Å². The number of anilines is 1. The Bertz CT molecular complexity index is 1310. The highest BCUT2D eigenvalue weighted by atomic mass is 35.5. The van der Waals surface area contributed by atoms with E-state index in [4.69, 9.17) is 28.0 Å². The number of alkyl halides is 3. The molecule has 4 rings (SSSR count). The second-order valence-electron chi connectivity index (χ2n) is 7.60. The molecule has 2 heterocycles. The lowest BCUT2D eigenvalue weighted by molar-refractivity contribution is -0.275. The van der Waals surface area contributed by atoms with Crippen molar-refractivity contribution in [3.63, 3.8) is 0 Å². The van der Waals surface area contributed by atoms with Crippen molar-refractivity contribution in [3.8, 4) is 0 Å². The first-order valence-corrected chi connectivity index (χ1v) is 10.8. The Morgan fingerprint density at radius 1 is 1.03 bits per heavy atom. The van der Waals surface area contributed by atoms with Crippen molar-refractivity contribution in [3.05, 3.63) is 99.6 Å². The summed E-state index contributed by atoms with van der Waals surface area (Å²) in [5.41, 5.74) is -2.45. The topological polar surface area (TPSA) is 63.6 Å². The predicted octanol–water partition coefficient (Wildman–Crippen LogP) is 7.03. The third-order valence-electron chi connectivity index (χ3n) is 5.18. The number of nitrogens with one attached hydrogen (secondary N) is 1. The van der Waals surface area contributed by atoms with Crippen LogP contribution in [0.3, 0.4) is 0 Å². The zero-order valence-corrected chi connectivity index (χ0v) is 19.1. The summed E-state index contributed by atoms with van der Waals surface area (Å²) in [7, 11) is 0. The minimum atomic E-state index is -4.82. The molecule has 1 aromatic heterocycles. The lowest BCUT2D eigenvalue weighted by Gasteiger charge is -2.29. The van der Waals surface area contributed by atoms with Crippen LogP contribution in [0.4, 0.5) is 23.2 Å². The minimum absolute atomic E-state index is 0.00915. The quantitative estimate of drug-likeness (QED) is 0.365. The second kappa shape index (κ2) is 9.67. The van der Waals surface area contributed by atoms with Crippen molar-refractivity contribution in [1.29, 1.82) is 0 Å². The number of amides is 1. The SMILES string of the molecule is O=C(Nc1cc(/C=C/C2=NOC(c3cc(Cl)cc(Cl)c3)(C(F)(F)F)C2)ccc1F)c1ccncc1. The number of carbonyl (C=O) groups is 1. The van der Waals surface area contributed by atoms with E-state index in [1.807, 2.05) is 0 Å². The van der Waals surface area contributed by atoms with Gasteiger partial charge in [0.25, 0.3) is 11.5 Å². The highest BCUT2D eigenvalue weighted by Gasteiger charge is 2.62. The molecule has 1 N–H and O–H groups in total. The molecule has 0 aliphatic carbocycles. The normalized spacial score (nSPS) is 17.8. The van der Waals surface area contributed by atoms with Gasteiger partial charge >= 0.3 is 6.18 Å². The number of pyridine rings is 1. The van der Waals surface area contributed by atoms with Crippen LogP contribution in [0.25, 0.3) is 6.08 Å². The minimum Gasteiger partial charge on any atom is -0.374 e. The molecule has 0 fully saturated rings. The number of carbonyl (C=O) groups excluding carboxylic acids is 1. The monoisotopic (exact) mass is 523 g/mol. The van der Waals surface area contributed by atoms with E-state index < -0.39 is 29.9 Å². The molecule has 1 amide bonds. The van der Waals surface area contributed by atoms with Crippen molar-refractivity contribution in [2.24, 2.45) is 5.16 Å². The lowest BCUT2D eigenvalue weighted by Crippen LogP contribution is -2.42. The van der Waals surface area contributed by atoms with Gasteiger partial charge in [-0.3, -0.25) is 9.78 Å². The van der Waals surface area contributed by atoms with Crippen LogP contribution in [0.5, 0.6) is 0 Å². The van der Waals surface area contributed by atoms with Crippen molar-refractivity contribution >= 4 is 46.6 Å². The van der Waals surface area contributed by atoms with E-state index in [1.54, 1.807) is 0 Å². The van der Waals surface area contributed by atoms with Crippen LogP contribution in [0.15, 0.2) is 72.2 Å². The molecule has 2 aromatic carbocycles. The van der Waals surface area contributed by atoms with Crippen LogP contribution in [-0.4, -0.2) is 22.8 Å². The number of allylic oxidation sites excluding steroid dienone is 1. The number of halogens is 6. The van der Waals surface area contributed by atoms with Gasteiger partial charge in [-0.15, -0.1) is 0 Å². The van der Waals surface area contributed by atoms with Gasteiger partial charge in [0.1, 0.15) is 5.82 Å². The average molecular weight is 524 g/mol. The largest absolute Gasteiger partial charge is 0.435 e.